The summed E-state index contributed by atoms with van der Waals surface area (Å²) in [5.74, 6) is 0.293. The summed E-state index contributed by atoms with van der Waals surface area (Å²) in [5, 5.41) is 0. The van der Waals surface area contributed by atoms with Gasteiger partial charge in [-0.2, -0.15) is 0 Å². The van der Waals surface area contributed by atoms with E-state index in [0.29, 0.717) is 12.2 Å². The van der Waals surface area contributed by atoms with E-state index < -0.39 is 0 Å². The van der Waals surface area contributed by atoms with Crippen molar-refractivity contribution in [2.45, 2.75) is 32.6 Å². The Bertz CT molecular complexity index is 269. The van der Waals surface area contributed by atoms with E-state index in [1.54, 1.807) is 0 Å². The Labute approximate surface area is 79.8 Å². The molecule has 1 rings (SSSR count). The number of hydrogen-bond donors (Lipinski definition) is 0. The van der Waals surface area contributed by atoms with E-state index in [0.717, 1.165) is 24.8 Å². The van der Waals surface area contributed by atoms with Crippen molar-refractivity contribution >= 4 is 5.78 Å². The lowest BCUT2D eigenvalue weighted by atomic mass is 9.88. The fraction of sp³-hybridized carbons (Fsp3) is 0.417. The van der Waals surface area contributed by atoms with Crippen LogP contribution in [0.1, 0.15) is 32.6 Å². The molecule has 70 valence electrons. The Morgan fingerprint density at radius 3 is 2.85 bits per heavy atom. The first-order valence-corrected chi connectivity index (χ1v) is 4.78. The summed E-state index contributed by atoms with van der Waals surface area (Å²) in [5.41, 5.74) is 2.18. The van der Waals surface area contributed by atoms with Crippen LogP contribution in [0.15, 0.2) is 36.0 Å². The maximum Gasteiger partial charge on any atom is 0.162 e. The predicted octanol–water partition coefficient (Wildman–Crippen LogP) is 3.19. The molecule has 1 heteroatoms. The Hall–Kier alpha value is -1.11. The van der Waals surface area contributed by atoms with E-state index in [9.17, 15) is 4.79 Å². The first-order chi connectivity index (χ1) is 6.29. The van der Waals surface area contributed by atoms with Gasteiger partial charge in [-0.3, -0.25) is 4.79 Å². The van der Waals surface area contributed by atoms with Gasteiger partial charge in [-0.05, 0) is 26.2 Å². The number of hydrogen-bond acceptors (Lipinski definition) is 1. The maximum absolute atomic E-state index is 11.5. The van der Waals surface area contributed by atoms with Gasteiger partial charge in [0.1, 0.15) is 0 Å². The molecule has 0 spiro atoms. The molecule has 1 aliphatic rings. The fourth-order valence-corrected chi connectivity index (χ4v) is 1.69. The number of ketones is 1. The molecule has 0 heterocycles. The van der Waals surface area contributed by atoms with Gasteiger partial charge in [0.25, 0.3) is 0 Å². The molecule has 0 atom stereocenters. The lowest BCUT2D eigenvalue weighted by Gasteiger charge is -2.15. The van der Waals surface area contributed by atoms with Crippen LogP contribution in [0.3, 0.4) is 0 Å². The zero-order valence-electron chi connectivity index (χ0n) is 8.18. The molecule has 0 aliphatic heterocycles. The number of carbonyl (C=O) groups excluding carboxylic acids is 1. The minimum absolute atomic E-state index is 0.293. The Morgan fingerprint density at radius 1 is 1.46 bits per heavy atom. The number of rotatable bonds is 3. The molecular formula is C12H16O. The molecule has 0 radical (unpaired) electrons. The third kappa shape index (κ3) is 2.41. The predicted molar refractivity (Wildman–Crippen MR) is 55.5 cm³/mol. The minimum atomic E-state index is 0.293. The fourth-order valence-electron chi connectivity index (χ4n) is 1.69. The molecule has 0 aromatic heterocycles. The maximum atomic E-state index is 11.5. The van der Waals surface area contributed by atoms with Gasteiger partial charge in [-0.15, -0.1) is 6.58 Å². The lowest BCUT2D eigenvalue weighted by Crippen LogP contribution is -2.09. The van der Waals surface area contributed by atoms with Crippen molar-refractivity contribution in [3.63, 3.8) is 0 Å². The first-order valence-electron chi connectivity index (χ1n) is 4.78. The highest BCUT2D eigenvalue weighted by Gasteiger charge is 2.16. The third-order valence-electron chi connectivity index (χ3n) is 2.29. The van der Waals surface area contributed by atoms with Crippen molar-refractivity contribution in [3.8, 4) is 0 Å². The molecule has 0 amide bonds. The molecule has 0 aromatic rings. The first kappa shape index (κ1) is 9.97. The highest BCUT2D eigenvalue weighted by Crippen LogP contribution is 2.25. The molecule has 0 saturated heterocycles. The number of allylic oxidation sites excluding steroid dienone is 5. The third-order valence-corrected chi connectivity index (χ3v) is 2.29. The highest BCUT2D eigenvalue weighted by atomic mass is 16.1. The summed E-state index contributed by atoms with van der Waals surface area (Å²) in [7, 11) is 0. The second kappa shape index (κ2) is 4.80. The van der Waals surface area contributed by atoms with E-state index >= 15 is 0 Å². The summed E-state index contributed by atoms with van der Waals surface area (Å²) in [6.07, 6.45) is 9.35. The molecule has 0 N–H and O–H groups in total. The summed E-state index contributed by atoms with van der Waals surface area (Å²) in [6.45, 7) is 5.65. The largest absolute Gasteiger partial charge is 0.294 e. The monoisotopic (exact) mass is 176 g/mol. The van der Waals surface area contributed by atoms with Crippen molar-refractivity contribution < 1.29 is 4.79 Å². The molecule has 1 aliphatic carbocycles. The van der Waals surface area contributed by atoms with Gasteiger partial charge >= 0.3 is 0 Å². The van der Waals surface area contributed by atoms with Gasteiger partial charge in [0.05, 0.1) is 0 Å². The van der Waals surface area contributed by atoms with Gasteiger partial charge in [-0.1, -0.05) is 23.8 Å². The zero-order valence-corrected chi connectivity index (χ0v) is 8.18. The molecule has 0 unspecified atom stereocenters. The highest BCUT2D eigenvalue weighted by molar-refractivity contribution is 5.99. The summed E-state index contributed by atoms with van der Waals surface area (Å²) in [4.78, 5) is 11.5. The summed E-state index contributed by atoms with van der Waals surface area (Å²) < 4.78 is 0. The van der Waals surface area contributed by atoms with E-state index in [-0.39, 0.29) is 0 Å². The SMILES string of the molecule is C=CCC1=C(/C=C\C)C(=O)CCC1. The smallest absolute Gasteiger partial charge is 0.162 e. The van der Waals surface area contributed by atoms with Crippen molar-refractivity contribution in [3.05, 3.63) is 36.0 Å². The molecule has 0 aromatic carbocycles. The zero-order chi connectivity index (χ0) is 9.68. The Balaban J connectivity index is 2.95. The second-order valence-electron chi connectivity index (χ2n) is 3.29. The van der Waals surface area contributed by atoms with E-state index in [1.165, 1.54) is 5.57 Å². The average Bonchev–Trinajstić information content (AvgIpc) is 2.11. The molecule has 0 bridgehead atoms. The van der Waals surface area contributed by atoms with E-state index in [2.05, 4.69) is 6.58 Å². The molecule has 1 nitrogen and oxygen atoms in total. The lowest BCUT2D eigenvalue weighted by molar-refractivity contribution is -0.115. The normalized spacial score (nSPS) is 18.4. The second-order valence-corrected chi connectivity index (χ2v) is 3.29. The Morgan fingerprint density at radius 2 is 2.23 bits per heavy atom. The van der Waals surface area contributed by atoms with Crippen LogP contribution in [-0.4, -0.2) is 5.78 Å². The van der Waals surface area contributed by atoms with Crippen LogP contribution < -0.4 is 0 Å². The minimum Gasteiger partial charge on any atom is -0.294 e. The molecular weight excluding hydrogens is 160 g/mol. The van der Waals surface area contributed by atoms with Crippen molar-refractivity contribution in [1.29, 1.82) is 0 Å². The molecule has 0 fully saturated rings. The van der Waals surface area contributed by atoms with Crippen molar-refractivity contribution in [1.82, 2.24) is 0 Å². The van der Waals surface area contributed by atoms with Gasteiger partial charge in [0, 0.05) is 12.0 Å². The quantitative estimate of drug-likeness (QED) is 0.603. The van der Waals surface area contributed by atoms with Gasteiger partial charge in [-0.25, -0.2) is 0 Å². The van der Waals surface area contributed by atoms with E-state index in [4.69, 9.17) is 0 Å². The van der Waals surface area contributed by atoms with Gasteiger partial charge in [0.15, 0.2) is 5.78 Å². The van der Waals surface area contributed by atoms with Crippen LogP contribution in [0.25, 0.3) is 0 Å². The summed E-state index contributed by atoms with van der Waals surface area (Å²) >= 11 is 0. The van der Waals surface area contributed by atoms with Crippen LogP contribution >= 0.6 is 0 Å². The number of Topliss-reactive ketones (excluding diaryl/α,β-unsaturated/α-hetero) is 1. The standard InChI is InChI=1S/C12H16O/c1-3-6-10-8-5-9-12(13)11(10)7-4-2/h3-4,7H,1,5-6,8-9H2,2H3/b7-4-. The molecule has 0 saturated carbocycles. The topological polar surface area (TPSA) is 17.1 Å². The van der Waals surface area contributed by atoms with Crippen LogP contribution in [-0.2, 0) is 4.79 Å². The average molecular weight is 176 g/mol. The van der Waals surface area contributed by atoms with E-state index in [1.807, 2.05) is 25.2 Å². The Kier molecular flexibility index (Phi) is 3.69. The molecule has 13 heavy (non-hydrogen) atoms. The van der Waals surface area contributed by atoms with Crippen LogP contribution in [0, 0.1) is 0 Å². The van der Waals surface area contributed by atoms with Crippen LogP contribution in [0.2, 0.25) is 0 Å². The number of carbonyl (C=O) groups is 1. The van der Waals surface area contributed by atoms with Crippen molar-refractivity contribution in [2.24, 2.45) is 0 Å². The van der Waals surface area contributed by atoms with Crippen molar-refractivity contribution in [2.75, 3.05) is 0 Å². The van der Waals surface area contributed by atoms with Crippen LogP contribution in [0.4, 0.5) is 0 Å². The summed E-state index contributed by atoms with van der Waals surface area (Å²) in [6, 6.07) is 0. The van der Waals surface area contributed by atoms with Gasteiger partial charge < -0.3 is 0 Å². The van der Waals surface area contributed by atoms with Crippen LogP contribution in [0.5, 0.6) is 0 Å². The van der Waals surface area contributed by atoms with Gasteiger partial charge in [0.2, 0.25) is 0 Å².